The molecule has 24 heavy (non-hydrogen) atoms. The van der Waals surface area contributed by atoms with Gasteiger partial charge in [-0.1, -0.05) is 30.3 Å². The molecule has 124 valence electrons. The molecule has 0 saturated heterocycles. The summed E-state index contributed by atoms with van der Waals surface area (Å²) in [6.07, 6.45) is 0.922. The highest BCUT2D eigenvalue weighted by Crippen LogP contribution is 2.42. The Bertz CT molecular complexity index is 889. The lowest BCUT2D eigenvalue weighted by atomic mass is 9.89. The summed E-state index contributed by atoms with van der Waals surface area (Å²) in [5.74, 6) is 0. The van der Waals surface area contributed by atoms with Gasteiger partial charge in [0.2, 0.25) is 0 Å². The molecular formula is C19H21N3O2. The topological polar surface area (TPSA) is 58.8 Å². The number of rotatable bonds is 2. The van der Waals surface area contributed by atoms with Crippen molar-refractivity contribution in [1.82, 2.24) is 9.38 Å². The predicted octanol–water partition coefficient (Wildman–Crippen LogP) is 3.17. The number of anilines is 1. The zero-order valence-corrected chi connectivity index (χ0v) is 14.0. The van der Waals surface area contributed by atoms with Crippen LogP contribution in [-0.4, -0.2) is 27.7 Å². The molecule has 2 aromatic heterocycles. The first kappa shape index (κ1) is 15.2. The van der Waals surface area contributed by atoms with Crippen LogP contribution in [0.5, 0.6) is 0 Å². The molecule has 5 heteroatoms. The SMILES string of the molecule is CO[C@@H]1c2ccn3c(C)c(C)nc3c2N[C@@H](c2ccccc2)[C@H]1O. The molecule has 3 aromatic rings. The second-order valence-electron chi connectivity index (χ2n) is 6.30. The number of methoxy groups -OCH3 is 1. The third-order valence-electron chi connectivity index (χ3n) is 4.97. The van der Waals surface area contributed by atoms with Crippen LogP contribution in [0.3, 0.4) is 0 Å². The Kier molecular flexibility index (Phi) is 3.55. The van der Waals surface area contributed by atoms with Gasteiger partial charge in [-0.05, 0) is 25.5 Å². The van der Waals surface area contributed by atoms with Gasteiger partial charge in [-0.15, -0.1) is 0 Å². The minimum atomic E-state index is -0.676. The summed E-state index contributed by atoms with van der Waals surface area (Å²) in [4.78, 5) is 4.71. The van der Waals surface area contributed by atoms with Gasteiger partial charge in [0, 0.05) is 24.6 Å². The molecule has 5 nitrogen and oxygen atoms in total. The van der Waals surface area contributed by atoms with Crippen molar-refractivity contribution in [3.63, 3.8) is 0 Å². The summed E-state index contributed by atoms with van der Waals surface area (Å²) in [6.45, 7) is 4.07. The minimum absolute atomic E-state index is 0.243. The largest absolute Gasteiger partial charge is 0.388 e. The first-order chi connectivity index (χ1) is 11.6. The maximum Gasteiger partial charge on any atom is 0.161 e. The van der Waals surface area contributed by atoms with E-state index in [1.807, 2.05) is 49.5 Å². The highest BCUT2D eigenvalue weighted by Gasteiger charge is 2.37. The Morgan fingerprint density at radius 1 is 1.17 bits per heavy atom. The number of hydrogen-bond donors (Lipinski definition) is 2. The van der Waals surface area contributed by atoms with Crippen molar-refractivity contribution >= 4 is 11.3 Å². The van der Waals surface area contributed by atoms with E-state index in [4.69, 9.17) is 9.72 Å². The number of ether oxygens (including phenoxy) is 1. The van der Waals surface area contributed by atoms with Crippen LogP contribution in [0.15, 0.2) is 42.6 Å². The highest BCUT2D eigenvalue weighted by atomic mass is 16.5. The summed E-state index contributed by atoms with van der Waals surface area (Å²) in [5.41, 5.74) is 5.89. The number of pyridine rings is 1. The van der Waals surface area contributed by atoms with Crippen LogP contribution in [0.25, 0.3) is 5.65 Å². The van der Waals surface area contributed by atoms with Gasteiger partial charge in [0.25, 0.3) is 0 Å². The molecule has 2 N–H and O–H groups in total. The van der Waals surface area contributed by atoms with Crippen LogP contribution >= 0.6 is 0 Å². The van der Waals surface area contributed by atoms with Gasteiger partial charge in [-0.25, -0.2) is 4.98 Å². The Morgan fingerprint density at radius 2 is 1.92 bits per heavy atom. The quantitative estimate of drug-likeness (QED) is 0.760. The average molecular weight is 323 g/mol. The summed E-state index contributed by atoms with van der Waals surface area (Å²) >= 11 is 0. The Morgan fingerprint density at radius 3 is 2.62 bits per heavy atom. The fourth-order valence-corrected chi connectivity index (χ4v) is 3.54. The zero-order chi connectivity index (χ0) is 16.8. The van der Waals surface area contributed by atoms with E-state index in [2.05, 4.69) is 16.6 Å². The molecule has 0 saturated carbocycles. The number of aryl methyl sites for hydroxylation is 2. The van der Waals surface area contributed by atoms with Gasteiger partial charge in [0.1, 0.15) is 12.2 Å². The Hall–Kier alpha value is -2.37. The standard InChI is InChI=1S/C19H21N3O2/c1-11-12(2)22-10-9-14-16(19(22)20-11)21-15(17(23)18(14)24-3)13-7-5-4-6-8-13/h4-10,15,17-18,21,23H,1-3H3/t15-,17+,18+/m0/s1. The molecule has 1 aliphatic rings. The maximum absolute atomic E-state index is 10.8. The predicted molar refractivity (Wildman–Crippen MR) is 93.2 cm³/mol. The number of nitrogens with zero attached hydrogens (tertiary/aromatic N) is 2. The van der Waals surface area contributed by atoms with Gasteiger partial charge in [0.05, 0.1) is 17.4 Å². The summed E-state index contributed by atoms with van der Waals surface area (Å²) in [5, 5.41) is 14.3. The van der Waals surface area contributed by atoms with E-state index in [0.717, 1.165) is 33.8 Å². The third kappa shape index (κ3) is 2.12. The number of imidazole rings is 1. The molecule has 0 bridgehead atoms. The second-order valence-corrected chi connectivity index (χ2v) is 6.30. The monoisotopic (exact) mass is 323 g/mol. The molecule has 0 radical (unpaired) electrons. The molecule has 3 heterocycles. The Labute approximate surface area is 140 Å². The first-order valence-corrected chi connectivity index (χ1v) is 8.12. The van der Waals surface area contributed by atoms with Gasteiger partial charge < -0.3 is 19.6 Å². The fourth-order valence-electron chi connectivity index (χ4n) is 3.54. The molecule has 0 fully saturated rings. The van der Waals surface area contributed by atoms with Crippen LogP contribution in [0, 0.1) is 13.8 Å². The Balaban J connectivity index is 1.91. The van der Waals surface area contributed by atoms with Gasteiger partial charge in [0.15, 0.2) is 5.65 Å². The average Bonchev–Trinajstić information content (AvgIpc) is 2.90. The summed E-state index contributed by atoms with van der Waals surface area (Å²) < 4.78 is 7.72. The molecule has 0 aliphatic carbocycles. The lowest BCUT2D eigenvalue weighted by molar-refractivity contribution is -0.0268. The third-order valence-corrected chi connectivity index (χ3v) is 4.97. The van der Waals surface area contributed by atoms with Gasteiger partial charge in [-0.3, -0.25) is 0 Å². The van der Waals surface area contributed by atoms with E-state index in [0.29, 0.717) is 0 Å². The van der Waals surface area contributed by atoms with Crippen molar-refractivity contribution in [2.24, 2.45) is 0 Å². The molecule has 4 rings (SSSR count). The summed E-state index contributed by atoms with van der Waals surface area (Å²) in [6, 6.07) is 11.7. The van der Waals surface area contributed by atoms with E-state index in [1.165, 1.54) is 0 Å². The van der Waals surface area contributed by atoms with E-state index < -0.39 is 12.2 Å². The maximum atomic E-state index is 10.8. The van der Waals surface area contributed by atoms with Crippen molar-refractivity contribution < 1.29 is 9.84 Å². The molecular weight excluding hydrogens is 302 g/mol. The molecule has 0 amide bonds. The number of fused-ring (bicyclic) bond motifs is 3. The molecule has 1 aromatic carbocycles. The van der Waals surface area contributed by atoms with Crippen LogP contribution < -0.4 is 5.32 Å². The van der Waals surface area contributed by atoms with E-state index in [-0.39, 0.29) is 6.04 Å². The summed E-state index contributed by atoms with van der Waals surface area (Å²) in [7, 11) is 1.64. The molecule has 0 unspecified atom stereocenters. The fraction of sp³-hybridized carbons (Fsp3) is 0.316. The van der Waals surface area contributed by atoms with Crippen LogP contribution in [0.1, 0.15) is 34.7 Å². The van der Waals surface area contributed by atoms with Crippen molar-refractivity contribution in [2.75, 3.05) is 12.4 Å². The van der Waals surface area contributed by atoms with E-state index in [1.54, 1.807) is 7.11 Å². The van der Waals surface area contributed by atoms with E-state index >= 15 is 0 Å². The van der Waals surface area contributed by atoms with Crippen molar-refractivity contribution in [3.8, 4) is 0 Å². The van der Waals surface area contributed by atoms with Gasteiger partial charge in [-0.2, -0.15) is 0 Å². The van der Waals surface area contributed by atoms with Gasteiger partial charge >= 0.3 is 0 Å². The first-order valence-electron chi connectivity index (χ1n) is 8.12. The van der Waals surface area contributed by atoms with Crippen LogP contribution in [-0.2, 0) is 4.74 Å². The highest BCUT2D eigenvalue weighted by molar-refractivity contribution is 5.75. The van der Waals surface area contributed by atoms with Crippen molar-refractivity contribution in [2.45, 2.75) is 32.1 Å². The lowest BCUT2D eigenvalue weighted by Crippen LogP contribution is -2.37. The number of benzene rings is 1. The van der Waals surface area contributed by atoms with Crippen LogP contribution in [0.2, 0.25) is 0 Å². The zero-order valence-electron chi connectivity index (χ0n) is 14.0. The van der Waals surface area contributed by atoms with Crippen molar-refractivity contribution in [3.05, 3.63) is 65.1 Å². The van der Waals surface area contributed by atoms with Crippen molar-refractivity contribution in [1.29, 1.82) is 0 Å². The number of aromatic nitrogens is 2. The normalized spacial score (nSPS) is 23.1. The molecule has 0 spiro atoms. The minimum Gasteiger partial charge on any atom is -0.388 e. The molecule has 3 atom stereocenters. The molecule has 1 aliphatic heterocycles. The number of hydrogen-bond acceptors (Lipinski definition) is 4. The van der Waals surface area contributed by atoms with E-state index in [9.17, 15) is 5.11 Å². The number of aliphatic hydroxyl groups excluding tert-OH is 1. The number of aliphatic hydroxyl groups is 1. The smallest absolute Gasteiger partial charge is 0.161 e. The number of nitrogens with one attached hydrogen (secondary N) is 1. The lowest BCUT2D eigenvalue weighted by Gasteiger charge is -2.37. The second kappa shape index (κ2) is 5.61. The van der Waals surface area contributed by atoms with Crippen LogP contribution in [0.4, 0.5) is 5.69 Å².